The van der Waals surface area contributed by atoms with Gasteiger partial charge in [0.2, 0.25) is 0 Å². The van der Waals surface area contributed by atoms with Gasteiger partial charge in [-0.25, -0.2) is 0 Å². The lowest BCUT2D eigenvalue weighted by Gasteiger charge is -2.12. The third kappa shape index (κ3) is 3.51. The Morgan fingerprint density at radius 2 is 2.00 bits per heavy atom. The predicted octanol–water partition coefficient (Wildman–Crippen LogP) is 1.95. The Kier molecular flexibility index (Phi) is 5.12. The van der Waals surface area contributed by atoms with Gasteiger partial charge in [0.05, 0.1) is 18.8 Å². The van der Waals surface area contributed by atoms with Gasteiger partial charge >= 0.3 is 0 Å². The Labute approximate surface area is 138 Å². The fourth-order valence-corrected chi connectivity index (χ4v) is 4.10. The second kappa shape index (κ2) is 7.08. The smallest absolute Gasteiger partial charge is 0.265 e. The predicted molar refractivity (Wildman–Crippen MR) is 87.8 cm³/mol. The summed E-state index contributed by atoms with van der Waals surface area (Å²) in [4.78, 5) is 12.8. The first-order valence-corrected chi connectivity index (χ1v) is 8.88. The van der Waals surface area contributed by atoms with Crippen LogP contribution in [-0.2, 0) is 16.0 Å². The Morgan fingerprint density at radius 1 is 1.32 bits per heavy atom. The van der Waals surface area contributed by atoms with Crippen molar-refractivity contribution in [3.05, 3.63) is 8.83 Å². The molecule has 1 amide bonds. The summed E-state index contributed by atoms with van der Waals surface area (Å²) in [5, 5.41) is 2.89. The molecule has 0 aromatic carbocycles. The number of rotatable bonds is 5. The molecule has 0 aliphatic carbocycles. The van der Waals surface area contributed by atoms with Crippen molar-refractivity contribution in [2.75, 3.05) is 25.5 Å². The highest BCUT2D eigenvalue weighted by Gasteiger charge is 2.23. The van der Waals surface area contributed by atoms with E-state index in [1.165, 1.54) is 11.3 Å². The molecule has 6 nitrogen and oxygen atoms in total. The van der Waals surface area contributed by atoms with E-state index in [1.807, 2.05) is 4.57 Å². The van der Waals surface area contributed by atoms with Crippen LogP contribution in [0.1, 0.15) is 35.4 Å². The quantitative estimate of drug-likeness (QED) is 0.799. The number of nitrogens with two attached hydrogens (primary N) is 1. The molecule has 122 valence electrons. The average molecular weight is 343 g/mol. The highest BCUT2D eigenvalue weighted by atomic mass is 32.1. The summed E-state index contributed by atoms with van der Waals surface area (Å²) in [6.45, 7) is 2.71. The Hall–Kier alpha value is -0.960. The Bertz CT molecular complexity index is 587. The number of anilines is 1. The molecule has 3 rings (SSSR count). The third-order valence-electron chi connectivity index (χ3n) is 4.06. The van der Waals surface area contributed by atoms with Crippen LogP contribution in [0.15, 0.2) is 0 Å². The number of amides is 1. The number of ether oxygens (including phenoxy) is 2. The molecule has 1 aromatic rings. The van der Waals surface area contributed by atoms with E-state index in [0.29, 0.717) is 27.7 Å². The normalized spacial score (nSPS) is 24.7. The number of aromatic nitrogens is 1. The molecule has 3 N–H and O–H groups in total. The van der Waals surface area contributed by atoms with Gasteiger partial charge in [-0.15, -0.1) is 0 Å². The molecule has 2 aliphatic heterocycles. The number of hydrogen-bond acceptors (Lipinski definition) is 6. The zero-order chi connectivity index (χ0) is 15.5. The fraction of sp³-hybridized carbons (Fsp3) is 0.714. The summed E-state index contributed by atoms with van der Waals surface area (Å²) in [7, 11) is 0. The molecule has 2 aliphatic rings. The lowest BCUT2D eigenvalue weighted by Crippen LogP contribution is -2.31. The molecule has 1 aromatic heterocycles. The first-order chi connectivity index (χ1) is 10.6. The Balaban J connectivity index is 1.65. The second-order valence-electron chi connectivity index (χ2n) is 5.67. The largest absolute Gasteiger partial charge is 0.384 e. The van der Waals surface area contributed by atoms with Crippen LogP contribution in [-0.4, -0.2) is 42.4 Å². The zero-order valence-corrected chi connectivity index (χ0v) is 14.0. The van der Waals surface area contributed by atoms with Crippen LogP contribution in [0.5, 0.6) is 0 Å². The third-order valence-corrected chi connectivity index (χ3v) is 5.53. The van der Waals surface area contributed by atoms with Crippen molar-refractivity contribution in [2.24, 2.45) is 0 Å². The summed E-state index contributed by atoms with van der Waals surface area (Å²) in [6, 6.07) is 0. The molecule has 3 heterocycles. The summed E-state index contributed by atoms with van der Waals surface area (Å²) < 4.78 is 13.6. The van der Waals surface area contributed by atoms with Gasteiger partial charge in [0.1, 0.15) is 10.7 Å². The zero-order valence-electron chi connectivity index (χ0n) is 12.4. The van der Waals surface area contributed by atoms with Gasteiger partial charge in [-0.2, -0.15) is 0 Å². The molecule has 2 atom stereocenters. The number of thiazole rings is 1. The van der Waals surface area contributed by atoms with Crippen LogP contribution < -0.4 is 11.1 Å². The fourth-order valence-electron chi connectivity index (χ4n) is 2.84. The lowest BCUT2D eigenvalue weighted by molar-refractivity contribution is 0.0860. The highest BCUT2D eigenvalue weighted by molar-refractivity contribution is 7.73. The number of hydrogen-bond donors (Lipinski definition) is 2. The average Bonchev–Trinajstić information content (AvgIpc) is 3.23. The van der Waals surface area contributed by atoms with Gasteiger partial charge in [-0.1, -0.05) is 11.3 Å². The highest BCUT2D eigenvalue weighted by Crippen LogP contribution is 2.25. The molecule has 2 saturated heterocycles. The van der Waals surface area contributed by atoms with Crippen molar-refractivity contribution in [1.29, 1.82) is 0 Å². The van der Waals surface area contributed by atoms with E-state index in [0.717, 1.165) is 38.9 Å². The maximum absolute atomic E-state index is 12.3. The number of carbonyl (C=O) groups is 1. The van der Waals surface area contributed by atoms with E-state index in [2.05, 4.69) is 5.32 Å². The minimum absolute atomic E-state index is 0.118. The van der Waals surface area contributed by atoms with Gasteiger partial charge < -0.3 is 25.1 Å². The van der Waals surface area contributed by atoms with Gasteiger partial charge in [-0.05, 0) is 37.9 Å². The van der Waals surface area contributed by atoms with E-state index >= 15 is 0 Å². The molecule has 2 unspecified atom stereocenters. The van der Waals surface area contributed by atoms with Crippen LogP contribution >= 0.6 is 23.6 Å². The summed E-state index contributed by atoms with van der Waals surface area (Å²) >= 11 is 6.61. The number of carbonyl (C=O) groups excluding carboxylic acids is 1. The second-order valence-corrected chi connectivity index (χ2v) is 7.32. The minimum Gasteiger partial charge on any atom is -0.384 e. The molecule has 0 saturated carbocycles. The van der Waals surface area contributed by atoms with Crippen LogP contribution in [0.2, 0.25) is 0 Å². The molecule has 2 fully saturated rings. The van der Waals surface area contributed by atoms with E-state index in [9.17, 15) is 4.79 Å². The first kappa shape index (κ1) is 15.9. The number of nitrogens with zero attached hydrogens (tertiary/aromatic N) is 1. The van der Waals surface area contributed by atoms with E-state index in [1.54, 1.807) is 0 Å². The van der Waals surface area contributed by atoms with Crippen LogP contribution in [0.25, 0.3) is 0 Å². The summed E-state index contributed by atoms with van der Waals surface area (Å²) in [5.41, 5.74) is 6.13. The topological polar surface area (TPSA) is 78.5 Å². The van der Waals surface area contributed by atoms with Gasteiger partial charge in [0, 0.05) is 19.8 Å². The monoisotopic (exact) mass is 343 g/mol. The Morgan fingerprint density at radius 3 is 2.64 bits per heavy atom. The molecule has 22 heavy (non-hydrogen) atoms. The van der Waals surface area contributed by atoms with Crippen molar-refractivity contribution in [3.8, 4) is 0 Å². The van der Waals surface area contributed by atoms with Crippen LogP contribution in [0.3, 0.4) is 0 Å². The van der Waals surface area contributed by atoms with Gasteiger partial charge in [0.25, 0.3) is 5.91 Å². The minimum atomic E-state index is -0.171. The van der Waals surface area contributed by atoms with Crippen LogP contribution in [0, 0.1) is 3.95 Å². The van der Waals surface area contributed by atoms with Crippen molar-refractivity contribution in [2.45, 2.75) is 44.4 Å². The van der Waals surface area contributed by atoms with Gasteiger partial charge in [0.15, 0.2) is 3.95 Å². The molecule has 8 heteroatoms. The van der Waals surface area contributed by atoms with Crippen molar-refractivity contribution < 1.29 is 14.3 Å². The summed E-state index contributed by atoms with van der Waals surface area (Å²) in [6.07, 6.45) is 4.39. The SMILES string of the molecule is Nc1c(C(=O)NCC2CCCO2)sc(=S)n1CC1CCCO1. The molecular formula is C14H21N3O3S2. The molecule has 0 radical (unpaired) electrons. The van der Waals surface area contributed by atoms with Crippen LogP contribution in [0.4, 0.5) is 5.82 Å². The van der Waals surface area contributed by atoms with Crippen molar-refractivity contribution in [3.63, 3.8) is 0 Å². The molecular weight excluding hydrogens is 322 g/mol. The number of nitrogens with one attached hydrogen (secondary N) is 1. The van der Waals surface area contributed by atoms with E-state index < -0.39 is 0 Å². The lowest BCUT2D eigenvalue weighted by atomic mass is 10.2. The maximum atomic E-state index is 12.3. The molecule has 0 spiro atoms. The first-order valence-electron chi connectivity index (χ1n) is 7.65. The number of nitrogen functional groups attached to an aromatic ring is 1. The van der Waals surface area contributed by atoms with Gasteiger partial charge in [-0.3, -0.25) is 4.79 Å². The standard InChI is InChI=1S/C14H21N3O3S2/c15-12-11(13(18)16-7-9-3-1-5-19-9)22-14(21)17(12)8-10-4-2-6-20-10/h9-10H,1-8,15H2,(H,16,18). The van der Waals surface area contributed by atoms with Crippen molar-refractivity contribution >= 4 is 35.3 Å². The summed E-state index contributed by atoms with van der Waals surface area (Å²) in [5.74, 6) is 0.269. The maximum Gasteiger partial charge on any atom is 0.265 e. The van der Waals surface area contributed by atoms with E-state index in [4.69, 9.17) is 27.4 Å². The van der Waals surface area contributed by atoms with E-state index in [-0.39, 0.29) is 18.1 Å². The molecule has 0 bridgehead atoms. The van der Waals surface area contributed by atoms with Crippen molar-refractivity contribution in [1.82, 2.24) is 9.88 Å².